The maximum absolute atomic E-state index is 9.67. The van der Waals surface area contributed by atoms with E-state index in [0.717, 1.165) is 0 Å². The van der Waals surface area contributed by atoms with Crippen LogP contribution in [0.1, 0.15) is 0 Å². The fraction of sp³-hybridized carbons (Fsp3) is 0. The van der Waals surface area contributed by atoms with Gasteiger partial charge < -0.3 is 4.79 Å². The predicted octanol–water partition coefficient (Wildman–Crippen LogP) is 0.314. The fourth-order valence-electron chi connectivity index (χ4n) is 0. The minimum atomic E-state index is -3.67. The summed E-state index contributed by atoms with van der Waals surface area (Å²) in [6.45, 7) is 2.00. The first-order valence-electron chi connectivity index (χ1n) is 0.943. The van der Waals surface area contributed by atoms with Gasteiger partial charge in [-0.25, -0.2) is 0 Å². The number of hydrogen-bond acceptors (Lipinski definition) is 1. The van der Waals surface area contributed by atoms with Gasteiger partial charge in [0.2, 0.25) is 0 Å². The number of halogens is 3. The topological polar surface area (TPSA) is 17.1 Å². The van der Waals surface area contributed by atoms with Gasteiger partial charge in [0.1, 0.15) is 6.79 Å². The van der Waals surface area contributed by atoms with E-state index >= 15 is 0 Å². The van der Waals surface area contributed by atoms with Gasteiger partial charge in [0.05, 0.1) is 0 Å². The van der Waals surface area contributed by atoms with Gasteiger partial charge in [-0.2, -0.15) is 0 Å². The molecule has 0 unspecified atom stereocenters. The number of hydrogen-bond donors (Lipinski definition) is 0. The molecule has 0 atom stereocenters. The molecule has 37 valence electrons. The molecule has 0 heterocycles. The SMILES string of the molecule is C=O.FB(F)F.[Li]. The molecule has 0 aromatic rings. The van der Waals surface area contributed by atoms with Crippen LogP contribution >= 0.6 is 0 Å². The van der Waals surface area contributed by atoms with Crippen LogP contribution in [-0.4, -0.2) is 33.2 Å². The summed E-state index contributed by atoms with van der Waals surface area (Å²) in [5.41, 5.74) is 0. The Kier molecular flexibility index (Phi) is 37.0. The average Bonchev–Trinajstić information content (AvgIpc) is 1.41. The minimum Gasteiger partial charge on any atom is -0.307 e. The van der Waals surface area contributed by atoms with Gasteiger partial charge >= 0.3 is 7.54 Å². The van der Waals surface area contributed by atoms with Gasteiger partial charge in [0, 0.05) is 18.9 Å². The molecule has 0 aromatic carbocycles. The van der Waals surface area contributed by atoms with Crippen molar-refractivity contribution in [2.24, 2.45) is 0 Å². The molecule has 0 N–H and O–H groups in total. The predicted molar refractivity (Wildman–Crippen MR) is 22.0 cm³/mol. The van der Waals surface area contributed by atoms with E-state index in [0.29, 0.717) is 0 Å². The van der Waals surface area contributed by atoms with E-state index in [9.17, 15) is 12.9 Å². The zero-order chi connectivity index (χ0) is 5.58. The van der Waals surface area contributed by atoms with Crippen LogP contribution in [0.2, 0.25) is 0 Å². The van der Waals surface area contributed by atoms with Gasteiger partial charge in [0.15, 0.2) is 0 Å². The summed E-state index contributed by atoms with van der Waals surface area (Å²) in [7, 11) is -3.67. The van der Waals surface area contributed by atoms with Crippen molar-refractivity contribution in [3.05, 3.63) is 0 Å². The Balaban J connectivity index is -0.0000000480. The molecule has 0 bridgehead atoms. The first-order chi connectivity index (χ1) is 2.73. The second-order valence-corrected chi connectivity index (χ2v) is 0.247. The summed E-state index contributed by atoms with van der Waals surface area (Å²) in [6.07, 6.45) is 0. The van der Waals surface area contributed by atoms with Gasteiger partial charge in [-0.1, -0.05) is 0 Å². The van der Waals surface area contributed by atoms with Crippen molar-refractivity contribution in [1.29, 1.82) is 0 Å². The summed E-state index contributed by atoms with van der Waals surface area (Å²) in [4.78, 5) is 8.00. The molecule has 0 rings (SSSR count). The van der Waals surface area contributed by atoms with Gasteiger partial charge in [-0.15, -0.1) is 0 Å². The standard InChI is InChI=1S/CH2O.BF3.Li/c1-2;2-1(3)4;/h1H2;;. The molecule has 1 radical (unpaired) electrons. The Morgan fingerprint density at radius 1 is 1.14 bits per heavy atom. The van der Waals surface area contributed by atoms with E-state index in [1.165, 1.54) is 0 Å². The second kappa shape index (κ2) is 16.5. The first-order valence-corrected chi connectivity index (χ1v) is 0.943. The van der Waals surface area contributed by atoms with Gasteiger partial charge in [0.25, 0.3) is 0 Å². The molecule has 6 heteroatoms. The van der Waals surface area contributed by atoms with E-state index in [1.807, 2.05) is 6.79 Å². The van der Waals surface area contributed by atoms with Crippen LogP contribution in [0, 0.1) is 0 Å². The third kappa shape index (κ3) is 6950. The zero-order valence-corrected chi connectivity index (χ0v) is 3.83. The van der Waals surface area contributed by atoms with E-state index in [1.54, 1.807) is 0 Å². The molecule has 0 fully saturated rings. The van der Waals surface area contributed by atoms with E-state index in [2.05, 4.69) is 0 Å². The van der Waals surface area contributed by atoms with Crippen LogP contribution < -0.4 is 0 Å². The largest absolute Gasteiger partial charge is 0.762 e. The smallest absolute Gasteiger partial charge is 0.307 e. The molecule has 0 saturated carbocycles. The quantitative estimate of drug-likeness (QED) is 0.405. The molecule has 1 nitrogen and oxygen atoms in total. The summed E-state index contributed by atoms with van der Waals surface area (Å²) in [6, 6.07) is 0. The van der Waals surface area contributed by atoms with Gasteiger partial charge in [-0.3, -0.25) is 12.9 Å². The van der Waals surface area contributed by atoms with E-state index in [4.69, 9.17) is 4.79 Å². The maximum Gasteiger partial charge on any atom is 0.762 e. The molecular weight excluding hydrogens is 103 g/mol. The Labute approximate surface area is 51.7 Å². The molecule has 0 aliphatic rings. The van der Waals surface area contributed by atoms with E-state index in [-0.39, 0.29) is 18.9 Å². The Morgan fingerprint density at radius 2 is 1.14 bits per heavy atom. The molecule has 0 amide bonds. The van der Waals surface area contributed by atoms with Crippen LogP contribution in [0.4, 0.5) is 12.9 Å². The molecule has 0 spiro atoms. The third-order valence-corrected chi connectivity index (χ3v) is 0. The van der Waals surface area contributed by atoms with Crippen LogP contribution in [0.3, 0.4) is 0 Å². The Bertz CT molecular complexity index is 26.1. The van der Waals surface area contributed by atoms with Crippen molar-refractivity contribution in [2.75, 3.05) is 0 Å². The average molecular weight is 105 g/mol. The zero-order valence-electron chi connectivity index (χ0n) is 3.83. The number of carbonyl (C=O) groups is 1. The molecule has 0 saturated heterocycles. The first kappa shape index (κ1) is 15.7. The van der Waals surface area contributed by atoms with Gasteiger partial charge in [-0.05, 0) is 0 Å². The fourth-order valence-corrected chi connectivity index (χ4v) is 0. The third-order valence-electron chi connectivity index (χ3n) is 0. The second-order valence-electron chi connectivity index (χ2n) is 0.247. The van der Waals surface area contributed by atoms with Crippen molar-refractivity contribution in [3.8, 4) is 0 Å². The van der Waals surface area contributed by atoms with E-state index < -0.39 is 7.54 Å². The summed E-state index contributed by atoms with van der Waals surface area (Å²) >= 11 is 0. The Morgan fingerprint density at radius 3 is 1.14 bits per heavy atom. The van der Waals surface area contributed by atoms with Crippen LogP contribution in [0.25, 0.3) is 0 Å². The molecule has 0 aliphatic heterocycles. The van der Waals surface area contributed by atoms with Crippen LogP contribution in [0.5, 0.6) is 0 Å². The normalized spacial score (nSPS) is 4.43. The molecule has 0 aromatic heterocycles. The molecule has 7 heavy (non-hydrogen) atoms. The molecular formula is CH2BF3LiO. The van der Waals surface area contributed by atoms with Crippen molar-refractivity contribution in [3.63, 3.8) is 0 Å². The summed E-state index contributed by atoms with van der Waals surface area (Å²) in [5.74, 6) is 0. The van der Waals surface area contributed by atoms with Crippen LogP contribution in [0.15, 0.2) is 0 Å². The van der Waals surface area contributed by atoms with Crippen molar-refractivity contribution in [2.45, 2.75) is 0 Å². The maximum atomic E-state index is 9.67. The summed E-state index contributed by atoms with van der Waals surface area (Å²) in [5, 5.41) is 0. The number of rotatable bonds is 0. The van der Waals surface area contributed by atoms with Crippen molar-refractivity contribution in [1.82, 2.24) is 0 Å². The monoisotopic (exact) mass is 105 g/mol. The minimum absolute atomic E-state index is 0. The Hall–Kier alpha value is 0.122. The van der Waals surface area contributed by atoms with Crippen molar-refractivity contribution >= 4 is 33.2 Å². The van der Waals surface area contributed by atoms with Crippen LogP contribution in [-0.2, 0) is 4.79 Å². The molecule has 0 aliphatic carbocycles. The number of carbonyl (C=O) groups excluding carboxylic acids is 1. The van der Waals surface area contributed by atoms with Crippen molar-refractivity contribution < 1.29 is 17.7 Å². The summed E-state index contributed by atoms with van der Waals surface area (Å²) < 4.78 is 29.0.